The van der Waals surface area contributed by atoms with E-state index >= 15 is 0 Å². The zero-order chi connectivity index (χ0) is 7.35. The normalized spacial score (nSPS) is 52.4. The van der Waals surface area contributed by atoms with E-state index in [0.717, 1.165) is 0 Å². The molecule has 3 nitrogen and oxygen atoms in total. The molecule has 2 aliphatic rings. The van der Waals surface area contributed by atoms with Gasteiger partial charge in [-0.2, -0.15) is 0 Å². The van der Waals surface area contributed by atoms with Gasteiger partial charge in [-0.05, 0) is 6.92 Å². The Morgan fingerprint density at radius 2 is 2.40 bits per heavy atom. The number of carbonyl (C=O) groups excluding carboxylic acids is 1. The molecule has 1 N–H and O–H groups in total. The molecule has 2 rings (SSSR count). The summed E-state index contributed by atoms with van der Waals surface area (Å²) < 4.78 is 5.18. The molecule has 0 unspecified atom stereocenters. The van der Waals surface area contributed by atoms with Gasteiger partial charge in [-0.1, -0.05) is 0 Å². The van der Waals surface area contributed by atoms with Gasteiger partial charge in [0.1, 0.15) is 11.4 Å². The Hall–Kier alpha value is -0.410. The smallest absolute Gasteiger partial charge is 0.138 e. The van der Waals surface area contributed by atoms with Crippen LogP contribution in [-0.4, -0.2) is 28.7 Å². The van der Waals surface area contributed by atoms with Crippen LogP contribution in [0.15, 0.2) is 0 Å². The average Bonchev–Trinajstić information content (AvgIpc) is 2.42. The summed E-state index contributed by atoms with van der Waals surface area (Å²) in [5.74, 6) is 0.118. The Bertz CT molecular complexity index is 189. The Labute approximate surface area is 59.0 Å². The standard InChI is InChI=1S/C7H10O3/c1-7-5(9)2-4(8)3-6(7)10-7/h5-6,9H,2-3H2,1H3/t5-,6+,7-/m1/s1. The molecule has 0 aromatic rings. The highest BCUT2D eigenvalue weighted by atomic mass is 16.6. The molecule has 0 spiro atoms. The van der Waals surface area contributed by atoms with Gasteiger partial charge < -0.3 is 9.84 Å². The second-order valence-corrected chi connectivity index (χ2v) is 3.25. The van der Waals surface area contributed by atoms with E-state index in [9.17, 15) is 9.90 Å². The van der Waals surface area contributed by atoms with Crippen molar-refractivity contribution in [2.24, 2.45) is 0 Å². The third-order valence-corrected chi connectivity index (χ3v) is 2.47. The molecule has 2 fully saturated rings. The van der Waals surface area contributed by atoms with E-state index in [1.807, 2.05) is 6.92 Å². The summed E-state index contributed by atoms with van der Waals surface area (Å²) in [7, 11) is 0. The van der Waals surface area contributed by atoms with Crippen LogP contribution in [0.4, 0.5) is 0 Å². The van der Waals surface area contributed by atoms with Gasteiger partial charge in [0.05, 0.1) is 12.2 Å². The molecule has 56 valence electrons. The lowest BCUT2D eigenvalue weighted by atomic mass is 9.87. The van der Waals surface area contributed by atoms with Crippen LogP contribution in [0.5, 0.6) is 0 Å². The third kappa shape index (κ3) is 0.646. The van der Waals surface area contributed by atoms with Crippen LogP contribution in [0.25, 0.3) is 0 Å². The highest BCUT2D eigenvalue weighted by molar-refractivity contribution is 5.81. The van der Waals surface area contributed by atoms with Gasteiger partial charge in [0.25, 0.3) is 0 Å². The molecule has 0 amide bonds. The number of epoxide rings is 1. The summed E-state index contributed by atoms with van der Waals surface area (Å²) in [5, 5.41) is 9.30. The van der Waals surface area contributed by atoms with Crippen molar-refractivity contribution in [1.82, 2.24) is 0 Å². The van der Waals surface area contributed by atoms with Crippen molar-refractivity contribution in [2.75, 3.05) is 0 Å². The number of fused-ring (bicyclic) bond motifs is 1. The number of ether oxygens (including phenoxy) is 1. The summed E-state index contributed by atoms with van der Waals surface area (Å²) in [4.78, 5) is 10.8. The van der Waals surface area contributed by atoms with E-state index in [1.54, 1.807) is 0 Å². The van der Waals surface area contributed by atoms with Crippen molar-refractivity contribution < 1.29 is 14.6 Å². The van der Waals surface area contributed by atoms with Crippen LogP contribution in [0.3, 0.4) is 0 Å². The zero-order valence-electron chi connectivity index (χ0n) is 5.83. The van der Waals surface area contributed by atoms with Crippen molar-refractivity contribution >= 4 is 5.78 Å². The Kier molecular flexibility index (Phi) is 1.01. The zero-order valence-corrected chi connectivity index (χ0v) is 5.83. The molecule has 1 aliphatic carbocycles. The van der Waals surface area contributed by atoms with Crippen LogP contribution < -0.4 is 0 Å². The van der Waals surface area contributed by atoms with E-state index in [-0.39, 0.29) is 23.9 Å². The van der Waals surface area contributed by atoms with Crippen LogP contribution in [0.1, 0.15) is 19.8 Å². The van der Waals surface area contributed by atoms with Gasteiger partial charge in [0.15, 0.2) is 0 Å². The number of ketones is 1. The summed E-state index contributed by atoms with van der Waals surface area (Å²) in [6.45, 7) is 1.86. The third-order valence-electron chi connectivity index (χ3n) is 2.47. The van der Waals surface area contributed by atoms with Crippen molar-refractivity contribution in [2.45, 2.75) is 37.6 Å². The van der Waals surface area contributed by atoms with Gasteiger partial charge >= 0.3 is 0 Å². The van der Waals surface area contributed by atoms with E-state index in [0.29, 0.717) is 6.42 Å². The summed E-state index contributed by atoms with van der Waals surface area (Å²) in [5.41, 5.74) is -0.381. The highest BCUT2D eigenvalue weighted by Gasteiger charge is 2.60. The first-order valence-electron chi connectivity index (χ1n) is 3.50. The van der Waals surface area contributed by atoms with E-state index in [4.69, 9.17) is 4.74 Å². The lowest BCUT2D eigenvalue weighted by Crippen LogP contribution is -2.36. The summed E-state index contributed by atoms with van der Waals surface area (Å²) in [6, 6.07) is 0. The molecular weight excluding hydrogens is 132 g/mol. The maximum atomic E-state index is 10.8. The molecule has 10 heavy (non-hydrogen) atoms. The van der Waals surface area contributed by atoms with Crippen LogP contribution in [0, 0.1) is 0 Å². The largest absolute Gasteiger partial charge is 0.390 e. The van der Waals surface area contributed by atoms with Crippen molar-refractivity contribution in [1.29, 1.82) is 0 Å². The van der Waals surface area contributed by atoms with Crippen molar-refractivity contribution in [3.05, 3.63) is 0 Å². The summed E-state index contributed by atoms with van der Waals surface area (Å²) >= 11 is 0. The molecule has 3 atom stereocenters. The van der Waals surface area contributed by atoms with Crippen molar-refractivity contribution in [3.63, 3.8) is 0 Å². The number of hydrogen-bond acceptors (Lipinski definition) is 3. The molecule has 0 bridgehead atoms. The second-order valence-electron chi connectivity index (χ2n) is 3.25. The Morgan fingerprint density at radius 1 is 1.70 bits per heavy atom. The van der Waals surface area contributed by atoms with Gasteiger partial charge in [0, 0.05) is 12.8 Å². The maximum absolute atomic E-state index is 10.8. The molecule has 1 saturated heterocycles. The fraction of sp³-hybridized carbons (Fsp3) is 0.857. The Morgan fingerprint density at radius 3 is 3.00 bits per heavy atom. The van der Waals surface area contributed by atoms with Gasteiger partial charge in [-0.15, -0.1) is 0 Å². The first-order valence-corrected chi connectivity index (χ1v) is 3.50. The molecule has 1 heterocycles. The fourth-order valence-corrected chi connectivity index (χ4v) is 1.52. The van der Waals surface area contributed by atoms with Gasteiger partial charge in [-0.25, -0.2) is 0 Å². The van der Waals surface area contributed by atoms with Gasteiger partial charge in [-0.3, -0.25) is 4.79 Å². The molecule has 3 heteroatoms. The molecule has 0 aromatic heterocycles. The quantitative estimate of drug-likeness (QED) is 0.479. The predicted octanol–water partition coefficient (Wildman–Crippen LogP) is -0.132. The maximum Gasteiger partial charge on any atom is 0.138 e. The topological polar surface area (TPSA) is 49.8 Å². The van der Waals surface area contributed by atoms with E-state index < -0.39 is 6.10 Å². The fourth-order valence-electron chi connectivity index (χ4n) is 1.52. The Balaban J connectivity index is 2.16. The molecule has 0 radical (unpaired) electrons. The molecular formula is C7H10O3. The van der Waals surface area contributed by atoms with Crippen LogP contribution in [-0.2, 0) is 9.53 Å². The number of Topliss-reactive ketones (excluding diaryl/α,β-unsaturated/α-hetero) is 1. The number of aliphatic hydroxyl groups is 1. The first-order chi connectivity index (χ1) is 4.63. The minimum atomic E-state index is -0.571. The SMILES string of the molecule is C[C@]12O[C@H]1CC(=O)C[C@H]2O. The first kappa shape index (κ1) is 6.31. The highest BCUT2D eigenvalue weighted by Crippen LogP contribution is 2.46. The number of carbonyl (C=O) groups is 1. The minimum absolute atomic E-state index is 0.00347. The number of hydrogen-bond donors (Lipinski definition) is 1. The lowest BCUT2D eigenvalue weighted by Gasteiger charge is -2.18. The van der Waals surface area contributed by atoms with Crippen LogP contribution >= 0.6 is 0 Å². The average molecular weight is 142 g/mol. The molecule has 0 aromatic carbocycles. The number of rotatable bonds is 0. The summed E-state index contributed by atoms with van der Waals surface area (Å²) in [6.07, 6.45) is 0.197. The van der Waals surface area contributed by atoms with E-state index in [1.165, 1.54) is 0 Å². The van der Waals surface area contributed by atoms with E-state index in [2.05, 4.69) is 0 Å². The molecule has 1 aliphatic heterocycles. The van der Waals surface area contributed by atoms with Crippen molar-refractivity contribution in [3.8, 4) is 0 Å². The lowest BCUT2D eigenvalue weighted by molar-refractivity contribution is -0.122. The minimum Gasteiger partial charge on any atom is -0.390 e. The van der Waals surface area contributed by atoms with Crippen LogP contribution in [0.2, 0.25) is 0 Å². The monoisotopic (exact) mass is 142 g/mol. The molecule has 1 saturated carbocycles. The second kappa shape index (κ2) is 1.60. The number of aliphatic hydroxyl groups excluding tert-OH is 1. The van der Waals surface area contributed by atoms with Gasteiger partial charge in [0.2, 0.25) is 0 Å². The predicted molar refractivity (Wildman–Crippen MR) is 33.5 cm³/mol.